The van der Waals surface area contributed by atoms with E-state index in [0.29, 0.717) is 34.1 Å². The van der Waals surface area contributed by atoms with Gasteiger partial charge in [0.1, 0.15) is 23.1 Å². The lowest BCUT2D eigenvalue weighted by molar-refractivity contribution is -0.171. The zero-order chi connectivity index (χ0) is 25.2. The molecule has 0 amide bonds. The Labute approximate surface area is 211 Å². The van der Waals surface area contributed by atoms with Gasteiger partial charge in [-0.3, -0.25) is 9.78 Å². The minimum absolute atomic E-state index is 0.0493. The molecule has 1 aromatic heterocycles. The molecule has 1 aliphatic heterocycles. The summed E-state index contributed by atoms with van der Waals surface area (Å²) in [7, 11) is 0. The Hall–Kier alpha value is -3.20. The third-order valence-corrected chi connectivity index (χ3v) is 6.47. The minimum Gasteiger partial charge on any atom is -0.454 e. The fraction of sp³-hybridized carbons (Fsp3) is 0.345. The van der Waals surface area contributed by atoms with Crippen LogP contribution in [0.4, 0.5) is 0 Å². The van der Waals surface area contributed by atoms with Gasteiger partial charge in [0, 0.05) is 35.5 Å². The third kappa shape index (κ3) is 5.90. The molecular formula is C29H29ClN2O3. The lowest BCUT2D eigenvalue weighted by Gasteiger charge is -2.45. The van der Waals surface area contributed by atoms with Gasteiger partial charge in [-0.2, -0.15) is 5.26 Å². The van der Waals surface area contributed by atoms with Crippen molar-refractivity contribution in [2.24, 2.45) is 5.92 Å². The summed E-state index contributed by atoms with van der Waals surface area (Å²) < 4.78 is 12.2. The fourth-order valence-corrected chi connectivity index (χ4v) is 5.41. The topological polar surface area (TPSA) is 72.2 Å². The molecular weight excluding hydrogens is 460 g/mol. The third-order valence-electron chi connectivity index (χ3n) is 6.17. The molecule has 2 heterocycles. The molecule has 0 radical (unpaired) electrons. The molecule has 0 unspecified atom stereocenters. The fourth-order valence-electron chi connectivity index (χ4n) is 5.19. The number of nitriles is 1. The number of nitrogens with zero attached hydrogens (tertiary/aromatic N) is 2. The number of hydrogen-bond acceptors (Lipinski definition) is 5. The SMILES string of the molecule is CC1(C)CC(CC(=O)c2ccc(Oc3cccc(-c4cccnc4)c3C#N)c(Cl)c2)CC(C)(C)O1. The maximum absolute atomic E-state index is 13.1. The van der Waals surface area contributed by atoms with E-state index < -0.39 is 0 Å². The van der Waals surface area contributed by atoms with Gasteiger partial charge in [0.05, 0.1) is 16.2 Å². The van der Waals surface area contributed by atoms with E-state index in [4.69, 9.17) is 21.1 Å². The van der Waals surface area contributed by atoms with Crippen LogP contribution >= 0.6 is 11.6 Å². The number of benzene rings is 2. The Kier molecular flexibility index (Phi) is 6.98. The summed E-state index contributed by atoms with van der Waals surface area (Å²) in [5.41, 5.74) is 1.97. The Morgan fingerprint density at radius 1 is 1.11 bits per heavy atom. The van der Waals surface area contributed by atoms with E-state index in [1.54, 1.807) is 36.7 Å². The van der Waals surface area contributed by atoms with Gasteiger partial charge in [0.25, 0.3) is 0 Å². The summed E-state index contributed by atoms with van der Waals surface area (Å²) in [5, 5.41) is 10.1. The monoisotopic (exact) mass is 488 g/mol. The Morgan fingerprint density at radius 2 is 1.86 bits per heavy atom. The highest BCUT2D eigenvalue weighted by Crippen LogP contribution is 2.41. The molecule has 0 N–H and O–H groups in total. The summed E-state index contributed by atoms with van der Waals surface area (Å²) >= 11 is 6.52. The van der Waals surface area contributed by atoms with Crippen molar-refractivity contribution < 1.29 is 14.3 Å². The standard InChI is InChI=1S/C29H29ClN2O3/c1-28(2)15-19(16-29(3,4)35-28)13-25(33)20-10-11-27(24(30)14-20)34-26-9-5-8-22(23(26)17-31)21-7-6-12-32-18-21/h5-12,14,18-19H,13,15-16H2,1-4H3. The highest BCUT2D eigenvalue weighted by Gasteiger charge is 2.39. The van der Waals surface area contributed by atoms with Gasteiger partial charge in [0.2, 0.25) is 0 Å². The number of ketones is 1. The molecule has 3 aromatic rings. The highest BCUT2D eigenvalue weighted by molar-refractivity contribution is 6.32. The molecule has 35 heavy (non-hydrogen) atoms. The van der Waals surface area contributed by atoms with Crippen molar-refractivity contribution in [2.45, 2.75) is 58.2 Å². The second-order valence-electron chi connectivity index (χ2n) is 10.3. The molecule has 0 saturated carbocycles. The van der Waals surface area contributed by atoms with E-state index in [2.05, 4.69) is 38.7 Å². The number of ether oxygens (including phenoxy) is 2. The Morgan fingerprint density at radius 3 is 2.49 bits per heavy atom. The second-order valence-corrected chi connectivity index (χ2v) is 10.7. The smallest absolute Gasteiger partial charge is 0.163 e. The van der Waals surface area contributed by atoms with Crippen molar-refractivity contribution in [2.75, 3.05) is 0 Å². The second kappa shape index (κ2) is 9.81. The van der Waals surface area contributed by atoms with Crippen LogP contribution in [0, 0.1) is 17.2 Å². The summed E-state index contributed by atoms with van der Waals surface area (Å²) in [4.78, 5) is 17.2. The van der Waals surface area contributed by atoms with Crippen molar-refractivity contribution in [3.63, 3.8) is 0 Å². The highest BCUT2D eigenvalue weighted by atomic mass is 35.5. The lowest BCUT2D eigenvalue weighted by Crippen LogP contribution is -2.45. The van der Waals surface area contributed by atoms with Crippen molar-refractivity contribution >= 4 is 17.4 Å². The number of aromatic nitrogens is 1. The normalized spacial score (nSPS) is 16.9. The van der Waals surface area contributed by atoms with Gasteiger partial charge >= 0.3 is 0 Å². The number of pyridine rings is 1. The molecule has 4 rings (SSSR count). The van der Waals surface area contributed by atoms with Crippen LogP contribution in [-0.2, 0) is 4.74 Å². The Balaban J connectivity index is 1.53. The maximum atomic E-state index is 13.1. The molecule has 180 valence electrons. The molecule has 5 nitrogen and oxygen atoms in total. The van der Waals surface area contributed by atoms with Gasteiger partial charge < -0.3 is 9.47 Å². The molecule has 0 atom stereocenters. The first-order valence-corrected chi connectivity index (χ1v) is 12.1. The number of carbonyl (C=O) groups excluding carboxylic acids is 1. The predicted molar refractivity (Wildman–Crippen MR) is 137 cm³/mol. The number of halogens is 1. The van der Waals surface area contributed by atoms with Crippen LogP contribution < -0.4 is 4.74 Å². The maximum Gasteiger partial charge on any atom is 0.163 e. The lowest BCUT2D eigenvalue weighted by atomic mass is 9.78. The van der Waals surface area contributed by atoms with Crippen LogP contribution in [-0.4, -0.2) is 22.0 Å². The van der Waals surface area contributed by atoms with E-state index >= 15 is 0 Å². The van der Waals surface area contributed by atoms with Crippen molar-refractivity contribution in [1.29, 1.82) is 5.26 Å². The molecule has 1 saturated heterocycles. The van der Waals surface area contributed by atoms with Gasteiger partial charge in [0.15, 0.2) is 5.78 Å². The number of rotatable bonds is 6. The van der Waals surface area contributed by atoms with Gasteiger partial charge in [-0.25, -0.2) is 0 Å². The Bertz CT molecular complexity index is 1260. The molecule has 2 aromatic carbocycles. The average molecular weight is 489 g/mol. The van der Waals surface area contributed by atoms with E-state index in [-0.39, 0.29) is 22.9 Å². The van der Waals surface area contributed by atoms with Crippen LogP contribution in [0.3, 0.4) is 0 Å². The summed E-state index contributed by atoms with van der Waals surface area (Å²) in [6, 6.07) is 16.4. The summed E-state index contributed by atoms with van der Waals surface area (Å²) in [6.45, 7) is 8.31. The first-order valence-electron chi connectivity index (χ1n) is 11.7. The van der Waals surface area contributed by atoms with Crippen LogP contribution in [0.15, 0.2) is 60.9 Å². The van der Waals surface area contributed by atoms with Gasteiger partial charge in [-0.1, -0.05) is 29.8 Å². The predicted octanol–water partition coefficient (Wildman–Crippen LogP) is 7.62. The number of carbonyl (C=O) groups is 1. The molecule has 0 bridgehead atoms. The van der Waals surface area contributed by atoms with E-state index in [1.165, 1.54) is 0 Å². The molecule has 1 aliphatic rings. The van der Waals surface area contributed by atoms with Gasteiger partial charge in [-0.15, -0.1) is 0 Å². The zero-order valence-electron chi connectivity index (χ0n) is 20.5. The summed E-state index contributed by atoms with van der Waals surface area (Å²) in [5.74, 6) is 1.07. The van der Waals surface area contributed by atoms with E-state index in [9.17, 15) is 10.1 Å². The van der Waals surface area contributed by atoms with Crippen molar-refractivity contribution in [3.05, 3.63) is 77.1 Å². The molecule has 6 heteroatoms. The largest absolute Gasteiger partial charge is 0.454 e. The summed E-state index contributed by atoms with van der Waals surface area (Å²) in [6.07, 6.45) is 5.50. The number of hydrogen-bond donors (Lipinski definition) is 0. The van der Waals surface area contributed by atoms with Crippen molar-refractivity contribution in [3.8, 4) is 28.7 Å². The quantitative estimate of drug-likeness (QED) is 0.333. The molecule has 0 aliphatic carbocycles. The first-order chi connectivity index (χ1) is 16.6. The van der Waals surface area contributed by atoms with Crippen molar-refractivity contribution in [1.82, 2.24) is 4.98 Å². The van der Waals surface area contributed by atoms with Crippen LogP contribution in [0.25, 0.3) is 11.1 Å². The first kappa shape index (κ1) is 24.9. The molecule has 1 fully saturated rings. The van der Waals surface area contributed by atoms with Crippen LogP contribution in [0.5, 0.6) is 11.5 Å². The van der Waals surface area contributed by atoms with E-state index in [0.717, 1.165) is 24.0 Å². The van der Waals surface area contributed by atoms with Crippen LogP contribution in [0.1, 0.15) is 62.9 Å². The molecule has 0 spiro atoms. The van der Waals surface area contributed by atoms with Gasteiger partial charge in [-0.05, 0) is 76.8 Å². The number of Topliss-reactive ketones (excluding diaryl/α,β-unsaturated/α-hetero) is 1. The average Bonchev–Trinajstić information content (AvgIpc) is 2.78. The zero-order valence-corrected chi connectivity index (χ0v) is 21.2. The van der Waals surface area contributed by atoms with Crippen LogP contribution in [0.2, 0.25) is 5.02 Å². The minimum atomic E-state index is -0.259. The van der Waals surface area contributed by atoms with E-state index in [1.807, 2.05) is 24.3 Å².